The van der Waals surface area contributed by atoms with Crippen molar-refractivity contribution in [3.63, 3.8) is 0 Å². The Labute approximate surface area is 166 Å². The van der Waals surface area contributed by atoms with Crippen LogP contribution in [-0.4, -0.2) is 17.6 Å². The van der Waals surface area contributed by atoms with Crippen LogP contribution in [0.2, 0.25) is 0 Å². The van der Waals surface area contributed by atoms with Gasteiger partial charge in [-0.3, -0.25) is 4.79 Å². The summed E-state index contributed by atoms with van der Waals surface area (Å²) in [7, 11) is 1.53. The first-order valence-electron chi connectivity index (χ1n) is 8.95. The second kappa shape index (κ2) is 7.66. The fraction of sp³-hybridized carbons (Fsp3) is 0.227. The van der Waals surface area contributed by atoms with Crippen molar-refractivity contribution in [1.82, 2.24) is 4.57 Å². The molecule has 0 fully saturated rings. The van der Waals surface area contributed by atoms with E-state index in [1.165, 1.54) is 23.8 Å². The molecule has 0 unspecified atom stereocenters. The number of carbonyl (C=O) groups is 1. The number of benzene rings is 2. The Kier molecular flexibility index (Phi) is 5.42. The third kappa shape index (κ3) is 3.99. The van der Waals surface area contributed by atoms with Gasteiger partial charge in [0.05, 0.1) is 23.9 Å². The summed E-state index contributed by atoms with van der Waals surface area (Å²) in [5, 5.41) is 2.82. The van der Waals surface area contributed by atoms with Gasteiger partial charge in [0, 0.05) is 23.1 Å². The van der Waals surface area contributed by atoms with Crippen LogP contribution in [0.5, 0.6) is 5.75 Å². The van der Waals surface area contributed by atoms with Crippen molar-refractivity contribution in [2.45, 2.75) is 26.9 Å². The summed E-state index contributed by atoms with van der Waals surface area (Å²) in [6, 6.07) is 12.2. The van der Waals surface area contributed by atoms with Crippen molar-refractivity contribution in [3.05, 3.63) is 76.6 Å². The van der Waals surface area contributed by atoms with Crippen LogP contribution in [0.25, 0.3) is 5.69 Å². The van der Waals surface area contributed by atoms with Crippen LogP contribution in [0.1, 0.15) is 32.9 Å². The molecule has 29 heavy (non-hydrogen) atoms. The molecule has 0 radical (unpaired) electrons. The largest absolute Gasteiger partial charge is 0.497 e. The predicted molar refractivity (Wildman–Crippen MR) is 106 cm³/mol. The molecule has 1 heterocycles. The van der Waals surface area contributed by atoms with Gasteiger partial charge < -0.3 is 14.6 Å². The van der Waals surface area contributed by atoms with E-state index in [-0.39, 0.29) is 5.69 Å². The lowest BCUT2D eigenvalue weighted by Crippen LogP contribution is -2.15. The quantitative estimate of drug-likeness (QED) is 0.610. The number of nitrogens with zero attached hydrogens (tertiary/aromatic N) is 1. The first kappa shape index (κ1) is 20.5. The average Bonchev–Trinajstić information content (AvgIpc) is 2.97. The molecule has 0 saturated carbocycles. The predicted octanol–water partition coefficient (Wildman–Crippen LogP) is 5.68. The van der Waals surface area contributed by atoms with E-state index in [1.54, 1.807) is 38.1 Å². The fourth-order valence-electron chi connectivity index (χ4n) is 3.32. The number of alkyl halides is 3. The fourth-order valence-corrected chi connectivity index (χ4v) is 3.32. The Morgan fingerprint density at radius 1 is 1.03 bits per heavy atom. The Hall–Kier alpha value is -3.22. The maximum Gasteiger partial charge on any atom is 0.418 e. The van der Waals surface area contributed by atoms with Gasteiger partial charge >= 0.3 is 6.18 Å². The number of anilines is 1. The second-order valence-corrected chi connectivity index (χ2v) is 6.77. The first-order chi connectivity index (χ1) is 13.6. The summed E-state index contributed by atoms with van der Waals surface area (Å²) in [6.45, 7) is 5.15. The van der Waals surface area contributed by atoms with Gasteiger partial charge in [0.2, 0.25) is 0 Å². The molecule has 7 heteroatoms. The molecule has 152 valence electrons. The molecule has 0 saturated heterocycles. The van der Waals surface area contributed by atoms with E-state index in [4.69, 9.17) is 4.74 Å². The number of methoxy groups -OCH3 is 1. The van der Waals surface area contributed by atoms with Gasteiger partial charge in [-0.2, -0.15) is 13.2 Å². The number of rotatable bonds is 4. The maximum atomic E-state index is 13.5. The Morgan fingerprint density at radius 2 is 1.72 bits per heavy atom. The van der Waals surface area contributed by atoms with E-state index in [2.05, 4.69) is 5.32 Å². The number of halogens is 3. The third-order valence-electron chi connectivity index (χ3n) is 4.82. The molecule has 0 atom stereocenters. The normalized spacial score (nSPS) is 11.4. The molecule has 1 aromatic heterocycles. The summed E-state index contributed by atoms with van der Waals surface area (Å²) in [5.41, 5.74) is 1.93. The minimum absolute atomic E-state index is 0.00777. The van der Waals surface area contributed by atoms with Gasteiger partial charge in [0.15, 0.2) is 0 Å². The zero-order chi connectivity index (χ0) is 21.3. The highest BCUT2D eigenvalue weighted by molar-refractivity contribution is 6.06. The molecule has 0 aliphatic rings. The van der Waals surface area contributed by atoms with Crippen LogP contribution >= 0.6 is 0 Å². The van der Waals surface area contributed by atoms with E-state index in [0.717, 1.165) is 11.6 Å². The topological polar surface area (TPSA) is 43.3 Å². The molecular weight excluding hydrogens is 381 g/mol. The van der Waals surface area contributed by atoms with Crippen LogP contribution in [0.15, 0.2) is 48.5 Å². The minimum Gasteiger partial charge on any atom is -0.497 e. The van der Waals surface area contributed by atoms with Gasteiger partial charge in [-0.15, -0.1) is 0 Å². The molecule has 2 aromatic carbocycles. The van der Waals surface area contributed by atoms with Gasteiger partial charge in [-0.25, -0.2) is 0 Å². The summed E-state index contributed by atoms with van der Waals surface area (Å²) in [5.74, 6) is 0.195. The number of nitrogens with one attached hydrogen (secondary N) is 1. The number of aromatic nitrogens is 1. The molecule has 0 aliphatic heterocycles. The molecule has 3 aromatic rings. The number of amides is 1. The van der Waals surface area contributed by atoms with Crippen molar-refractivity contribution in [3.8, 4) is 11.4 Å². The summed E-state index contributed by atoms with van der Waals surface area (Å²) in [4.78, 5) is 12.9. The lowest BCUT2D eigenvalue weighted by atomic mass is 10.1. The number of aryl methyl sites for hydroxylation is 2. The molecule has 3 rings (SSSR count). The Bertz CT molecular complexity index is 1070. The van der Waals surface area contributed by atoms with Gasteiger partial charge in [0.25, 0.3) is 5.91 Å². The van der Waals surface area contributed by atoms with Crippen molar-refractivity contribution in [2.24, 2.45) is 0 Å². The van der Waals surface area contributed by atoms with E-state index in [9.17, 15) is 18.0 Å². The Balaban J connectivity index is 2.02. The van der Waals surface area contributed by atoms with E-state index in [1.807, 2.05) is 13.0 Å². The highest BCUT2D eigenvalue weighted by Crippen LogP contribution is 2.35. The number of ether oxygens (including phenoxy) is 1. The SMILES string of the molecule is COc1ccc(C)c(NC(=O)c2cc(C)n(-c3ccccc3C(F)(F)F)c2C)c1. The number of para-hydroxylation sites is 1. The lowest BCUT2D eigenvalue weighted by molar-refractivity contribution is -0.137. The van der Waals surface area contributed by atoms with Crippen LogP contribution in [0.3, 0.4) is 0 Å². The highest BCUT2D eigenvalue weighted by atomic mass is 19.4. The molecule has 0 aliphatic carbocycles. The minimum atomic E-state index is -4.50. The monoisotopic (exact) mass is 402 g/mol. The maximum absolute atomic E-state index is 13.5. The summed E-state index contributed by atoms with van der Waals surface area (Å²) in [6.07, 6.45) is -4.50. The van der Waals surface area contributed by atoms with E-state index in [0.29, 0.717) is 28.4 Å². The lowest BCUT2D eigenvalue weighted by Gasteiger charge is -2.17. The molecule has 0 bridgehead atoms. The van der Waals surface area contributed by atoms with Gasteiger partial charge in [-0.05, 0) is 50.6 Å². The number of hydrogen-bond acceptors (Lipinski definition) is 2. The van der Waals surface area contributed by atoms with Crippen LogP contribution in [0.4, 0.5) is 18.9 Å². The number of carbonyl (C=O) groups excluding carboxylic acids is 1. The molecular formula is C22H21F3N2O2. The Morgan fingerprint density at radius 3 is 2.38 bits per heavy atom. The highest BCUT2D eigenvalue weighted by Gasteiger charge is 2.34. The molecule has 1 N–H and O–H groups in total. The van der Waals surface area contributed by atoms with Crippen LogP contribution in [0, 0.1) is 20.8 Å². The zero-order valence-electron chi connectivity index (χ0n) is 16.5. The first-order valence-corrected chi connectivity index (χ1v) is 8.95. The van der Waals surface area contributed by atoms with Crippen LogP contribution < -0.4 is 10.1 Å². The van der Waals surface area contributed by atoms with Crippen molar-refractivity contribution in [1.29, 1.82) is 0 Å². The van der Waals surface area contributed by atoms with Crippen molar-refractivity contribution < 1.29 is 22.7 Å². The summed E-state index contributed by atoms with van der Waals surface area (Å²) < 4.78 is 47.0. The van der Waals surface area contributed by atoms with Crippen LogP contribution in [-0.2, 0) is 6.18 Å². The average molecular weight is 402 g/mol. The van der Waals surface area contributed by atoms with Gasteiger partial charge in [-0.1, -0.05) is 18.2 Å². The third-order valence-corrected chi connectivity index (χ3v) is 4.82. The second-order valence-electron chi connectivity index (χ2n) is 6.77. The standard InChI is InChI=1S/C22H21F3N2O2/c1-13-9-10-16(29-4)12-19(13)26-21(28)17-11-14(2)27(15(17)3)20-8-6-5-7-18(20)22(23,24)25/h5-12H,1-4H3,(H,26,28). The zero-order valence-corrected chi connectivity index (χ0v) is 16.5. The number of hydrogen-bond donors (Lipinski definition) is 1. The van der Waals surface area contributed by atoms with E-state index < -0.39 is 17.6 Å². The van der Waals surface area contributed by atoms with Gasteiger partial charge in [0.1, 0.15) is 5.75 Å². The molecule has 4 nitrogen and oxygen atoms in total. The molecule has 0 spiro atoms. The summed E-state index contributed by atoms with van der Waals surface area (Å²) >= 11 is 0. The van der Waals surface area contributed by atoms with Crippen molar-refractivity contribution >= 4 is 11.6 Å². The van der Waals surface area contributed by atoms with E-state index >= 15 is 0 Å². The van der Waals surface area contributed by atoms with Crippen molar-refractivity contribution in [2.75, 3.05) is 12.4 Å². The smallest absolute Gasteiger partial charge is 0.418 e. The molecule has 1 amide bonds.